The molecule has 0 atom stereocenters. The number of hydrogen-bond acceptors (Lipinski definition) is 4. The Morgan fingerprint density at radius 1 is 1.08 bits per heavy atom. The van der Waals surface area contributed by atoms with Gasteiger partial charge in [0.1, 0.15) is 0 Å². The van der Waals surface area contributed by atoms with Crippen LogP contribution in [0.5, 0.6) is 0 Å². The molecule has 1 amide bonds. The molecule has 0 unspecified atom stereocenters. The van der Waals surface area contributed by atoms with Crippen LogP contribution in [0.15, 0.2) is 18.6 Å². The highest BCUT2D eigenvalue weighted by Crippen LogP contribution is 2.28. The molecule has 5 rings (SSSR count). The zero-order valence-corrected chi connectivity index (χ0v) is 13.8. The highest BCUT2D eigenvalue weighted by Gasteiger charge is 2.31. The minimum atomic E-state index is 0.222. The van der Waals surface area contributed by atoms with Gasteiger partial charge < -0.3 is 4.90 Å². The number of aryl methyl sites for hydroxylation is 1. The van der Waals surface area contributed by atoms with Gasteiger partial charge in [0.25, 0.3) is 0 Å². The predicted molar refractivity (Wildman–Crippen MR) is 88.7 cm³/mol. The molecule has 0 N–H and O–H groups in total. The zero-order valence-electron chi connectivity index (χ0n) is 13.8. The van der Waals surface area contributed by atoms with Crippen LogP contribution in [0.1, 0.15) is 36.6 Å². The van der Waals surface area contributed by atoms with Crippen molar-refractivity contribution in [2.45, 2.75) is 44.8 Å². The van der Waals surface area contributed by atoms with E-state index >= 15 is 0 Å². The monoisotopic (exact) mass is 326 g/mol. The van der Waals surface area contributed by atoms with E-state index in [4.69, 9.17) is 0 Å². The number of carbonyl (C=O) groups is 1. The van der Waals surface area contributed by atoms with Crippen molar-refractivity contribution in [1.29, 1.82) is 0 Å². The Balaban J connectivity index is 1.21. The van der Waals surface area contributed by atoms with Crippen LogP contribution in [0.4, 0.5) is 5.69 Å². The van der Waals surface area contributed by atoms with E-state index in [1.165, 1.54) is 24.1 Å². The highest BCUT2D eigenvalue weighted by atomic mass is 16.2. The van der Waals surface area contributed by atoms with E-state index in [1.54, 1.807) is 0 Å². The van der Waals surface area contributed by atoms with Crippen LogP contribution in [0, 0.1) is 0 Å². The first-order valence-electron chi connectivity index (χ1n) is 8.88. The zero-order chi connectivity index (χ0) is 16.1. The lowest BCUT2D eigenvalue weighted by Gasteiger charge is -2.39. The number of likely N-dealkylation sites (tertiary alicyclic amines) is 1. The van der Waals surface area contributed by atoms with Gasteiger partial charge in [-0.2, -0.15) is 10.2 Å². The Labute approximate surface area is 140 Å². The molecule has 0 aromatic carbocycles. The molecule has 0 spiro atoms. The van der Waals surface area contributed by atoms with Crippen molar-refractivity contribution in [3.63, 3.8) is 0 Å². The summed E-state index contributed by atoms with van der Waals surface area (Å²) >= 11 is 0. The summed E-state index contributed by atoms with van der Waals surface area (Å²) in [6.07, 6.45) is 9.91. The van der Waals surface area contributed by atoms with Crippen LogP contribution >= 0.6 is 0 Å². The summed E-state index contributed by atoms with van der Waals surface area (Å²) in [7, 11) is 0. The van der Waals surface area contributed by atoms with Gasteiger partial charge in [0.05, 0.1) is 24.1 Å². The first kappa shape index (κ1) is 14.2. The Bertz CT molecular complexity index is 772. The van der Waals surface area contributed by atoms with Gasteiger partial charge in [0, 0.05) is 56.6 Å². The predicted octanol–water partition coefficient (Wildman–Crippen LogP) is 1.21. The molecule has 3 aliphatic heterocycles. The average Bonchev–Trinajstić information content (AvgIpc) is 3.27. The fourth-order valence-electron chi connectivity index (χ4n) is 4.13. The second kappa shape index (κ2) is 5.44. The smallest absolute Gasteiger partial charge is 0.227 e. The summed E-state index contributed by atoms with van der Waals surface area (Å²) in [5, 5.41) is 8.96. The van der Waals surface area contributed by atoms with Crippen molar-refractivity contribution >= 4 is 11.6 Å². The lowest BCUT2D eigenvalue weighted by molar-refractivity contribution is -0.117. The van der Waals surface area contributed by atoms with Gasteiger partial charge >= 0.3 is 0 Å². The minimum absolute atomic E-state index is 0.222. The van der Waals surface area contributed by atoms with Gasteiger partial charge in [-0.3, -0.25) is 19.1 Å². The maximum Gasteiger partial charge on any atom is 0.227 e. The molecule has 2 fully saturated rings. The van der Waals surface area contributed by atoms with Crippen LogP contribution in [0.3, 0.4) is 0 Å². The molecular formula is C17H22N6O. The van der Waals surface area contributed by atoms with Crippen molar-refractivity contribution in [3.8, 4) is 0 Å². The summed E-state index contributed by atoms with van der Waals surface area (Å²) in [5.41, 5.74) is 3.76. The van der Waals surface area contributed by atoms with Gasteiger partial charge in [-0.05, 0) is 19.3 Å². The van der Waals surface area contributed by atoms with Gasteiger partial charge in [-0.1, -0.05) is 0 Å². The van der Waals surface area contributed by atoms with Crippen LogP contribution in [-0.4, -0.2) is 50.0 Å². The Morgan fingerprint density at radius 2 is 1.96 bits per heavy atom. The van der Waals surface area contributed by atoms with Gasteiger partial charge in [0.15, 0.2) is 0 Å². The molecule has 7 heteroatoms. The second-order valence-corrected chi connectivity index (χ2v) is 7.12. The van der Waals surface area contributed by atoms with E-state index in [9.17, 15) is 4.79 Å². The lowest BCUT2D eigenvalue weighted by atomic mass is 10.1. The molecule has 7 nitrogen and oxygen atoms in total. The highest BCUT2D eigenvalue weighted by molar-refractivity contribution is 5.95. The molecule has 126 valence electrons. The van der Waals surface area contributed by atoms with E-state index < -0.39 is 0 Å². The van der Waals surface area contributed by atoms with Crippen LogP contribution in [0.25, 0.3) is 0 Å². The van der Waals surface area contributed by atoms with Gasteiger partial charge in [-0.15, -0.1) is 0 Å². The molecule has 5 heterocycles. The SMILES string of the molecule is O=C1CCCN1c1cnn(C2CN(Cc3cnn4c3CCC4)C2)c1. The number of fused-ring (bicyclic) bond motifs is 1. The molecule has 2 aromatic heterocycles. The van der Waals surface area contributed by atoms with Gasteiger partial charge in [0.2, 0.25) is 5.91 Å². The standard InChI is InChI=1S/C17H22N6O/c24-17-4-2-5-21(17)14-8-19-23(12-14)15-10-20(11-15)9-13-7-18-22-6-1-3-16(13)22/h7-8,12,15H,1-6,9-11H2. The van der Waals surface area contributed by atoms with Crippen LogP contribution in [0.2, 0.25) is 0 Å². The van der Waals surface area contributed by atoms with Crippen molar-refractivity contribution in [3.05, 3.63) is 29.8 Å². The van der Waals surface area contributed by atoms with E-state index in [2.05, 4.69) is 19.8 Å². The third-order valence-corrected chi connectivity index (χ3v) is 5.50. The minimum Gasteiger partial charge on any atom is -0.309 e. The number of hydrogen-bond donors (Lipinski definition) is 0. The molecule has 0 aliphatic carbocycles. The van der Waals surface area contributed by atoms with Crippen molar-refractivity contribution < 1.29 is 4.79 Å². The molecule has 2 saturated heterocycles. The van der Waals surface area contributed by atoms with Crippen molar-refractivity contribution in [1.82, 2.24) is 24.5 Å². The van der Waals surface area contributed by atoms with Gasteiger partial charge in [-0.25, -0.2) is 0 Å². The first-order chi connectivity index (χ1) is 11.8. The third-order valence-electron chi connectivity index (χ3n) is 5.50. The van der Waals surface area contributed by atoms with E-state index in [1.807, 2.05) is 28.2 Å². The Hall–Kier alpha value is -2.15. The first-order valence-corrected chi connectivity index (χ1v) is 8.88. The van der Waals surface area contributed by atoms with E-state index in [0.29, 0.717) is 12.5 Å². The number of amides is 1. The number of carbonyl (C=O) groups excluding carboxylic acids is 1. The van der Waals surface area contributed by atoms with Crippen LogP contribution in [-0.2, 0) is 24.3 Å². The molecule has 0 radical (unpaired) electrons. The number of rotatable bonds is 4. The molecular weight excluding hydrogens is 304 g/mol. The summed E-state index contributed by atoms with van der Waals surface area (Å²) < 4.78 is 4.18. The molecule has 0 saturated carbocycles. The third kappa shape index (κ3) is 2.26. The summed E-state index contributed by atoms with van der Waals surface area (Å²) in [6, 6.07) is 0.417. The molecule has 2 aromatic rings. The second-order valence-electron chi connectivity index (χ2n) is 7.12. The summed E-state index contributed by atoms with van der Waals surface area (Å²) in [4.78, 5) is 16.1. The maximum atomic E-state index is 11.8. The Kier molecular flexibility index (Phi) is 3.22. The van der Waals surface area contributed by atoms with Crippen molar-refractivity contribution in [2.24, 2.45) is 0 Å². The van der Waals surface area contributed by atoms with Crippen LogP contribution < -0.4 is 4.90 Å². The molecule has 3 aliphatic rings. The summed E-state index contributed by atoms with van der Waals surface area (Å²) in [5.74, 6) is 0.222. The van der Waals surface area contributed by atoms with Crippen molar-refractivity contribution in [2.75, 3.05) is 24.5 Å². The fourth-order valence-corrected chi connectivity index (χ4v) is 4.13. The maximum absolute atomic E-state index is 11.8. The average molecular weight is 326 g/mol. The number of anilines is 1. The largest absolute Gasteiger partial charge is 0.309 e. The Morgan fingerprint density at radius 3 is 2.79 bits per heavy atom. The topological polar surface area (TPSA) is 59.2 Å². The molecule has 0 bridgehead atoms. The normalized spacial score (nSPS) is 21.5. The summed E-state index contributed by atoms with van der Waals surface area (Å²) in [6.45, 7) is 4.92. The fraction of sp³-hybridized carbons (Fsp3) is 0.588. The van der Waals surface area contributed by atoms with E-state index in [0.717, 1.165) is 44.8 Å². The lowest BCUT2D eigenvalue weighted by Crippen LogP contribution is -2.47. The quantitative estimate of drug-likeness (QED) is 0.847. The number of nitrogens with zero attached hydrogens (tertiary/aromatic N) is 6. The van der Waals surface area contributed by atoms with E-state index in [-0.39, 0.29) is 5.91 Å². The number of aromatic nitrogens is 4. The molecule has 24 heavy (non-hydrogen) atoms.